The lowest BCUT2D eigenvalue weighted by molar-refractivity contribution is -0.122. The van der Waals surface area contributed by atoms with E-state index in [1.165, 1.54) is 18.6 Å². The zero-order valence-corrected chi connectivity index (χ0v) is 17.5. The molecule has 27 heavy (non-hydrogen) atoms. The van der Waals surface area contributed by atoms with Crippen LogP contribution in [-0.2, 0) is 9.59 Å². The zero-order chi connectivity index (χ0) is 19.3. The number of nitrogens with zero attached hydrogens (tertiary/aromatic N) is 1. The van der Waals surface area contributed by atoms with Gasteiger partial charge in [0.2, 0.25) is 11.8 Å². The molecule has 7 heteroatoms. The summed E-state index contributed by atoms with van der Waals surface area (Å²) in [6, 6.07) is 3.91. The van der Waals surface area contributed by atoms with Gasteiger partial charge in [-0.1, -0.05) is 46.2 Å². The molecule has 5 nitrogen and oxygen atoms in total. The van der Waals surface area contributed by atoms with Crippen LogP contribution in [-0.4, -0.2) is 40.9 Å². The van der Waals surface area contributed by atoms with Crippen LogP contribution in [0.5, 0.6) is 0 Å². The fourth-order valence-electron chi connectivity index (χ4n) is 2.67. The Morgan fingerprint density at radius 3 is 2.74 bits per heavy atom. The van der Waals surface area contributed by atoms with Crippen LogP contribution in [0.1, 0.15) is 49.8 Å². The van der Waals surface area contributed by atoms with Gasteiger partial charge in [0.1, 0.15) is 0 Å². The van der Waals surface area contributed by atoms with Crippen LogP contribution in [0.4, 0.5) is 0 Å². The molecule has 148 valence electrons. The molecule has 0 unspecified atom stereocenters. The van der Waals surface area contributed by atoms with E-state index < -0.39 is 0 Å². The summed E-state index contributed by atoms with van der Waals surface area (Å²) in [5.41, 5.74) is 1.95. The lowest BCUT2D eigenvalue weighted by Gasteiger charge is -2.08. The first kappa shape index (κ1) is 21.8. The summed E-state index contributed by atoms with van der Waals surface area (Å²) in [5.74, 6) is 1.29. The van der Waals surface area contributed by atoms with Crippen molar-refractivity contribution in [2.24, 2.45) is 0 Å². The van der Waals surface area contributed by atoms with E-state index in [1.54, 1.807) is 6.20 Å². The molecule has 2 amide bonds. The number of rotatable bonds is 11. The van der Waals surface area contributed by atoms with E-state index in [1.807, 2.05) is 52.8 Å². The smallest absolute Gasteiger partial charge is 0.223 e. The van der Waals surface area contributed by atoms with Crippen LogP contribution in [0.15, 0.2) is 24.4 Å². The number of amides is 2. The van der Waals surface area contributed by atoms with Gasteiger partial charge in [-0.3, -0.25) is 14.6 Å². The maximum absolute atomic E-state index is 11.8. The number of carbonyl (C=O) groups excluding carboxylic acids is 2. The molecular weight excluding hydrogens is 378 g/mol. The molecule has 0 radical (unpaired) electrons. The Kier molecular flexibility index (Phi) is 10.4. The van der Waals surface area contributed by atoms with Crippen LogP contribution in [0.2, 0.25) is 0 Å². The van der Waals surface area contributed by atoms with E-state index in [4.69, 9.17) is 0 Å². The molecule has 2 N–H and O–H groups in total. The van der Waals surface area contributed by atoms with E-state index in [-0.39, 0.29) is 11.8 Å². The summed E-state index contributed by atoms with van der Waals surface area (Å²) in [7, 11) is 3.96. The number of pyridine rings is 1. The minimum Gasteiger partial charge on any atom is -0.354 e. The number of aryl methyl sites for hydroxylation is 1. The SMILES string of the molecule is Cc1ccc(C=CCC(=O)NCCNC(=O)CCCC[C@@H]2CCSS2)cn1. The fourth-order valence-corrected chi connectivity index (χ4v) is 5.69. The molecule has 1 aliphatic heterocycles. The molecule has 0 aliphatic carbocycles. The van der Waals surface area contributed by atoms with Gasteiger partial charge in [0.25, 0.3) is 0 Å². The zero-order valence-electron chi connectivity index (χ0n) is 15.9. The molecule has 0 spiro atoms. The quantitative estimate of drug-likeness (QED) is 0.432. The third-order valence-electron chi connectivity index (χ3n) is 4.22. The molecule has 0 saturated carbocycles. The third kappa shape index (κ3) is 9.86. The van der Waals surface area contributed by atoms with Gasteiger partial charge in [-0.25, -0.2) is 0 Å². The molecule has 1 aromatic heterocycles. The van der Waals surface area contributed by atoms with Crippen molar-refractivity contribution in [1.29, 1.82) is 0 Å². The lowest BCUT2D eigenvalue weighted by Crippen LogP contribution is -2.34. The maximum Gasteiger partial charge on any atom is 0.223 e. The Hall–Kier alpha value is -1.47. The van der Waals surface area contributed by atoms with E-state index >= 15 is 0 Å². The monoisotopic (exact) mass is 407 g/mol. The Morgan fingerprint density at radius 1 is 1.22 bits per heavy atom. The minimum absolute atomic E-state index is 0.0486. The second-order valence-corrected chi connectivity index (χ2v) is 9.40. The Bertz CT molecular complexity index is 614. The molecule has 1 aromatic rings. The van der Waals surface area contributed by atoms with Crippen molar-refractivity contribution in [2.45, 2.75) is 50.7 Å². The van der Waals surface area contributed by atoms with E-state index in [2.05, 4.69) is 15.6 Å². The molecule has 2 heterocycles. The van der Waals surface area contributed by atoms with Crippen molar-refractivity contribution in [1.82, 2.24) is 15.6 Å². The first-order chi connectivity index (χ1) is 13.1. The average molecular weight is 408 g/mol. The normalized spacial score (nSPS) is 16.6. The number of nitrogens with one attached hydrogen (secondary N) is 2. The van der Waals surface area contributed by atoms with Crippen LogP contribution < -0.4 is 10.6 Å². The van der Waals surface area contributed by atoms with E-state index in [0.717, 1.165) is 29.3 Å². The first-order valence-corrected chi connectivity index (χ1v) is 11.9. The highest BCUT2D eigenvalue weighted by atomic mass is 33.1. The summed E-state index contributed by atoms with van der Waals surface area (Å²) in [4.78, 5) is 27.8. The highest BCUT2D eigenvalue weighted by molar-refractivity contribution is 8.77. The second kappa shape index (κ2) is 12.8. The molecule has 1 fully saturated rings. The summed E-state index contributed by atoms with van der Waals surface area (Å²) in [5, 5.41) is 6.46. The van der Waals surface area contributed by atoms with Gasteiger partial charge in [0.15, 0.2) is 0 Å². The van der Waals surface area contributed by atoms with Gasteiger partial charge in [-0.15, -0.1) is 0 Å². The van der Waals surface area contributed by atoms with Gasteiger partial charge >= 0.3 is 0 Å². The number of aromatic nitrogens is 1. The number of hydrogen-bond acceptors (Lipinski definition) is 5. The van der Waals surface area contributed by atoms with Crippen LogP contribution in [0.3, 0.4) is 0 Å². The molecule has 2 rings (SSSR count). The summed E-state index contributed by atoms with van der Waals surface area (Å²) < 4.78 is 0. The van der Waals surface area contributed by atoms with Crippen molar-refractivity contribution >= 4 is 39.5 Å². The minimum atomic E-state index is -0.0486. The number of unbranched alkanes of at least 4 members (excludes halogenated alkanes) is 1. The van der Waals surface area contributed by atoms with Gasteiger partial charge in [-0.2, -0.15) is 0 Å². The summed E-state index contributed by atoms with van der Waals surface area (Å²) in [6.07, 6.45) is 11.0. The predicted molar refractivity (Wildman–Crippen MR) is 116 cm³/mol. The van der Waals surface area contributed by atoms with Crippen molar-refractivity contribution in [3.8, 4) is 0 Å². The number of carbonyl (C=O) groups is 2. The van der Waals surface area contributed by atoms with Crippen molar-refractivity contribution in [2.75, 3.05) is 18.8 Å². The van der Waals surface area contributed by atoms with Gasteiger partial charge < -0.3 is 10.6 Å². The average Bonchev–Trinajstić information content (AvgIpc) is 3.17. The second-order valence-electron chi connectivity index (χ2n) is 6.61. The Morgan fingerprint density at radius 2 is 2.04 bits per heavy atom. The molecule has 0 bridgehead atoms. The molecule has 0 aromatic carbocycles. The highest BCUT2D eigenvalue weighted by Crippen LogP contribution is 2.39. The van der Waals surface area contributed by atoms with E-state index in [9.17, 15) is 9.59 Å². The van der Waals surface area contributed by atoms with E-state index in [0.29, 0.717) is 25.9 Å². The summed E-state index contributed by atoms with van der Waals surface area (Å²) >= 11 is 0. The molecule has 1 saturated heterocycles. The van der Waals surface area contributed by atoms with Gasteiger partial charge in [0.05, 0.1) is 0 Å². The number of hydrogen-bond donors (Lipinski definition) is 2. The lowest BCUT2D eigenvalue weighted by atomic mass is 10.1. The fraction of sp³-hybridized carbons (Fsp3) is 0.550. The Balaban J connectivity index is 1.45. The predicted octanol–water partition coefficient (Wildman–Crippen LogP) is 3.74. The molecule has 1 aliphatic rings. The van der Waals surface area contributed by atoms with Crippen LogP contribution in [0, 0.1) is 6.92 Å². The van der Waals surface area contributed by atoms with Gasteiger partial charge in [-0.05, 0) is 37.8 Å². The molecular formula is C20H29N3O2S2. The topological polar surface area (TPSA) is 71.1 Å². The van der Waals surface area contributed by atoms with Crippen LogP contribution >= 0.6 is 21.6 Å². The standard InChI is InChI=1S/C20H29N3O2S2/c1-16-9-10-17(15-23-16)5-4-8-20(25)22-13-12-21-19(24)7-3-2-6-18-11-14-26-27-18/h4-5,9-10,15,18H,2-3,6-8,11-14H2,1H3,(H,21,24)(H,22,25)/t18-/m1/s1. The van der Waals surface area contributed by atoms with Crippen LogP contribution in [0.25, 0.3) is 6.08 Å². The first-order valence-electron chi connectivity index (χ1n) is 9.54. The molecule has 1 atom stereocenters. The largest absolute Gasteiger partial charge is 0.354 e. The summed E-state index contributed by atoms with van der Waals surface area (Å²) in [6.45, 7) is 2.88. The third-order valence-corrected chi connectivity index (χ3v) is 7.23. The van der Waals surface area contributed by atoms with Crippen molar-refractivity contribution < 1.29 is 9.59 Å². The van der Waals surface area contributed by atoms with Gasteiger partial charge in [0, 0.05) is 48.8 Å². The van der Waals surface area contributed by atoms with Crippen molar-refractivity contribution in [3.63, 3.8) is 0 Å². The Labute approximate surface area is 169 Å². The highest BCUT2D eigenvalue weighted by Gasteiger charge is 2.15. The maximum atomic E-state index is 11.8. The van der Waals surface area contributed by atoms with Crippen molar-refractivity contribution in [3.05, 3.63) is 35.7 Å².